The van der Waals surface area contributed by atoms with Crippen molar-refractivity contribution in [3.05, 3.63) is 29.8 Å². The Morgan fingerprint density at radius 1 is 1.37 bits per heavy atom. The maximum atomic E-state index is 11.6. The van der Waals surface area contributed by atoms with Crippen LogP contribution in [0.15, 0.2) is 24.3 Å². The van der Waals surface area contributed by atoms with Crippen LogP contribution in [0.3, 0.4) is 0 Å². The highest BCUT2D eigenvalue weighted by Gasteiger charge is 2.23. The lowest BCUT2D eigenvalue weighted by Crippen LogP contribution is -2.37. The first kappa shape index (κ1) is 13.9. The molecule has 0 aromatic heterocycles. The molecule has 0 heterocycles. The number of nitrogens with zero attached hydrogens (tertiary/aromatic N) is 1. The number of rotatable bonds is 7. The minimum Gasteiger partial charge on any atom is -0.497 e. The lowest BCUT2D eigenvalue weighted by Gasteiger charge is -2.16. The molecule has 104 valence electrons. The standard InChI is InChI=1S/C15H22N2O2/c1-17(11-15(18)16-13-5-6-13)10-9-12-3-7-14(19-2)8-4-12/h3-4,7-8,13H,5-6,9-11H2,1-2H3,(H,16,18). The summed E-state index contributed by atoms with van der Waals surface area (Å²) in [6.45, 7) is 1.36. The number of ether oxygens (including phenoxy) is 1. The first-order chi connectivity index (χ1) is 9.17. The van der Waals surface area contributed by atoms with Crippen molar-refractivity contribution in [2.45, 2.75) is 25.3 Å². The zero-order chi connectivity index (χ0) is 13.7. The van der Waals surface area contributed by atoms with Gasteiger partial charge in [-0.15, -0.1) is 0 Å². The second kappa shape index (κ2) is 6.57. The molecule has 1 aliphatic rings. The summed E-state index contributed by atoms with van der Waals surface area (Å²) >= 11 is 0. The van der Waals surface area contributed by atoms with E-state index in [1.807, 2.05) is 19.2 Å². The fraction of sp³-hybridized carbons (Fsp3) is 0.533. The van der Waals surface area contributed by atoms with Crippen LogP contribution in [0.5, 0.6) is 5.75 Å². The van der Waals surface area contributed by atoms with Gasteiger partial charge < -0.3 is 10.1 Å². The van der Waals surface area contributed by atoms with Crippen LogP contribution in [-0.2, 0) is 11.2 Å². The number of amides is 1. The van der Waals surface area contributed by atoms with Gasteiger partial charge in [-0.25, -0.2) is 0 Å². The number of hydrogen-bond donors (Lipinski definition) is 1. The van der Waals surface area contributed by atoms with E-state index in [2.05, 4.69) is 22.3 Å². The van der Waals surface area contributed by atoms with Gasteiger partial charge in [0.05, 0.1) is 13.7 Å². The second-order valence-corrected chi connectivity index (χ2v) is 5.18. The molecule has 1 saturated carbocycles. The van der Waals surface area contributed by atoms with E-state index >= 15 is 0 Å². The number of hydrogen-bond acceptors (Lipinski definition) is 3. The van der Waals surface area contributed by atoms with Gasteiger partial charge in [0.2, 0.25) is 5.91 Å². The van der Waals surface area contributed by atoms with Crippen LogP contribution >= 0.6 is 0 Å². The van der Waals surface area contributed by atoms with Crippen molar-refractivity contribution < 1.29 is 9.53 Å². The molecule has 0 saturated heterocycles. The highest BCUT2D eigenvalue weighted by molar-refractivity contribution is 5.78. The van der Waals surface area contributed by atoms with E-state index in [0.717, 1.165) is 31.6 Å². The molecule has 0 aliphatic heterocycles. The molecule has 1 aromatic rings. The molecule has 0 radical (unpaired) electrons. The first-order valence-electron chi connectivity index (χ1n) is 6.78. The number of methoxy groups -OCH3 is 1. The van der Waals surface area contributed by atoms with E-state index in [9.17, 15) is 4.79 Å². The lowest BCUT2D eigenvalue weighted by atomic mass is 10.1. The first-order valence-corrected chi connectivity index (χ1v) is 6.78. The second-order valence-electron chi connectivity index (χ2n) is 5.18. The van der Waals surface area contributed by atoms with Crippen LogP contribution in [0, 0.1) is 0 Å². The average Bonchev–Trinajstić information content (AvgIpc) is 3.20. The fourth-order valence-electron chi connectivity index (χ4n) is 1.94. The topological polar surface area (TPSA) is 41.6 Å². The highest BCUT2D eigenvalue weighted by atomic mass is 16.5. The molecule has 19 heavy (non-hydrogen) atoms. The zero-order valence-corrected chi connectivity index (χ0v) is 11.7. The lowest BCUT2D eigenvalue weighted by molar-refractivity contribution is -0.122. The minimum atomic E-state index is 0.139. The maximum Gasteiger partial charge on any atom is 0.234 e. The Kier molecular flexibility index (Phi) is 4.80. The van der Waals surface area contributed by atoms with E-state index in [-0.39, 0.29) is 5.91 Å². The maximum absolute atomic E-state index is 11.6. The molecular formula is C15H22N2O2. The van der Waals surface area contributed by atoms with Gasteiger partial charge in [-0.05, 0) is 44.0 Å². The molecule has 4 nitrogen and oxygen atoms in total. The largest absolute Gasteiger partial charge is 0.497 e. The van der Waals surface area contributed by atoms with E-state index < -0.39 is 0 Å². The third kappa shape index (κ3) is 4.91. The molecule has 2 rings (SSSR count). The summed E-state index contributed by atoms with van der Waals surface area (Å²) in [5, 5.41) is 3.00. The number of likely N-dealkylation sites (N-methyl/N-ethyl adjacent to an activating group) is 1. The van der Waals surface area contributed by atoms with E-state index in [1.54, 1.807) is 7.11 Å². The Bertz CT molecular complexity index is 413. The molecule has 1 aromatic carbocycles. The number of carbonyl (C=O) groups is 1. The van der Waals surface area contributed by atoms with Gasteiger partial charge in [0.1, 0.15) is 5.75 Å². The smallest absolute Gasteiger partial charge is 0.234 e. The van der Waals surface area contributed by atoms with Crippen molar-refractivity contribution in [3.63, 3.8) is 0 Å². The Morgan fingerprint density at radius 3 is 2.63 bits per heavy atom. The van der Waals surface area contributed by atoms with Crippen molar-refractivity contribution in [1.82, 2.24) is 10.2 Å². The molecule has 0 atom stereocenters. The summed E-state index contributed by atoms with van der Waals surface area (Å²) in [4.78, 5) is 13.7. The molecule has 1 N–H and O–H groups in total. The average molecular weight is 262 g/mol. The summed E-state index contributed by atoms with van der Waals surface area (Å²) in [5.41, 5.74) is 1.26. The van der Waals surface area contributed by atoms with Crippen molar-refractivity contribution in [3.8, 4) is 5.75 Å². The van der Waals surface area contributed by atoms with Gasteiger partial charge in [0.25, 0.3) is 0 Å². The van der Waals surface area contributed by atoms with Gasteiger partial charge in [0.15, 0.2) is 0 Å². The third-order valence-electron chi connectivity index (χ3n) is 3.30. The predicted octanol–water partition coefficient (Wildman–Crippen LogP) is 1.45. The Balaban J connectivity index is 1.69. The summed E-state index contributed by atoms with van der Waals surface area (Å²) < 4.78 is 5.13. The molecule has 1 fully saturated rings. The number of benzene rings is 1. The third-order valence-corrected chi connectivity index (χ3v) is 3.30. The highest BCUT2D eigenvalue weighted by Crippen LogP contribution is 2.18. The van der Waals surface area contributed by atoms with Crippen molar-refractivity contribution >= 4 is 5.91 Å². The van der Waals surface area contributed by atoms with Crippen molar-refractivity contribution in [1.29, 1.82) is 0 Å². The van der Waals surface area contributed by atoms with Crippen LogP contribution in [0.1, 0.15) is 18.4 Å². The van der Waals surface area contributed by atoms with Gasteiger partial charge in [-0.1, -0.05) is 12.1 Å². The number of nitrogens with one attached hydrogen (secondary N) is 1. The summed E-state index contributed by atoms with van der Waals surface area (Å²) in [7, 11) is 3.65. The minimum absolute atomic E-state index is 0.139. The van der Waals surface area contributed by atoms with E-state index in [0.29, 0.717) is 12.6 Å². The van der Waals surface area contributed by atoms with E-state index in [4.69, 9.17) is 4.74 Å². The molecular weight excluding hydrogens is 240 g/mol. The van der Waals surface area contributed by atoms with Crippen molar-refractivity contribution in [2.24, 2.45) is 0 Å². The summed E-state index contributed by atoms with van der Waals surface area (Å²) in [6, 6.07) is 8.51. The van der Waals surface area contributed by atoms with E-state index in [1.165, 1.54) is 5.56 Å². The van der Waals surface area contributed by atoms with Crippen LogP contribution in [0.25, 0.3) is 0 Å². The number of carbonyl (C=O) groups excluding carboxylic acids is 1. The van der Waals surface area contributed by atoms with Gasteiger partial charge >= 0.3 is 0 Å². The molecule has 4 heteroatoms. The molecule has 1 amide bonds. The van der Waals surface area contributed by atoms with Crippen LogP contribution < -0.4 is 10.1 Å². The van der Waals surface area contributed by atoms with Gasteiger partial charge in [0, 0.05) is 12.6 Å². The normalized spacial score (nSPS) is 14.5. The molecule has 0 unspecified atom stereocenters. The fourth-order valence-corrected chi connectivity index (χ4v) is 1.94. The SMILES string of the molecule is COc1ccc(CCN(C)CC(=O)NC2CC2)cc1. The Morgan fingerprint density at radius 2 is 2.05 bits per heavy atom. The predicted molar refractivity (Wildman–Crippen MR) is 75.4 cm³/mol. The molecule has 1 aliphatic carbocycles. The van der Waals surface area contributed by atoms with Gasteiger partial charge in [-0.3, -0.25) is 9.69 Å². The van der Waals surface area contributed by atoms with Crippen LogP contribution in [-0.4, -0.2) is 44.1 Å². The Hall–Kier alpha value is -1.55. The van der Waals surface area contributed by atoms with Crippen LogP contribution in [0.4, 0.5) is 0 Å². The summed E-state index contributed by atoms with van der Waals surface area (Å²) in [5.74, 6) is 1.01. The van der Waals surface area contributed by atoms with Crippen molar-refractivity contribution in [2.75, 3.05) is 27.2 Å². The monoisotopic (exact) mass is 262 g/mol. The molecule has 0 bridgehead atoms. The summed E-state index contributed by atoms with van der Waals surface area (Å²) in [6.07, 6.45) is 3.22. The zero-order valence-electron chi connectivity index (χ0n) is 11.7. The molecule has 0 spiro atoms. The Labute approximate surface area is 114 Å². The quantitative estimate of drug-likeness (QED) is 0.808. The van der Waals surface area contributed by atoms with Crippen LogP contribution in [0.2, 0.25) is 0 Å². The van der Waals surface area contributed by atoms with Gasteiger partial charge in [-0.2, -0.15) is 0 Å².